The third-order valence-corrected chi connectivity index (χ3v) is 6.35. The molecule has 0 spiro atoms. The van der Waals surface area contributed by atoms with Gasteiger partial charge in [-0.15, -0.1) is 0 Å². The quantitative estimate of drug-likeness (QED) is 0.766. The number of fused-ring (bicyclic) bond motifs is 1. The summed E-state index contributed by atoms with van der Waals surface area (Å²) in [7, 11) is 0. The lowest BCUT2D eigenvalue weighted by Crippen LogP contribution is -2.35. The zero-order valence-corrected chi connectivity index (χ0v) is 15.5. The summed E-state index contributed by atoms with van der Waals surface area (Å²) >= 11 is 0. The van der Waals surface area contributed by atoms with Crippen LogP contribution in [0.4, 0.5) is 8.78 Å². The molecule has 148 valence electrons. The van der Waals surface area contributed by atoms with Crippen molar-refractivity contribution in [1.29, 1.82) is 0 Å². The van der Waals surface area contributed by atoms with Crippen LogP contribution in [-0.2, 0) is 14.4 Å². The van der Waals surface area contributed by atoms with E-state index in [0.29, 0.717) is 38.5 Å². The number of carboxylic acids is 1. The van der Waals surface area contributed by atoms with Gasteiger partial charge in [-0.05, 0) is 37.5 Å². The maximum Gasteiger partial charge on any atom is 0.306 e. The molecule has 0 saturated heterocycles. The van der Waals surface area contributed by atoms with E-state index in [1.807, 2.05) is 0 Å². The minimum Gasteiger partial charge on any atom is -0.481 e. The highest BCUT2D eigenvalue weighted by molar-refractivity contribution is 5.86. The van der Waals surface area contributed by atoms with Gasteiger partial charge in [0, 0.05) is 25.2 Å². The first-order chi connectivity index (χ1) is 12.3. The predicted octanol–water partition coefficient (Wildman–Crippen LogP) is 4.65. The Labute approximate surface area is 153 Å². The minimum atomic E-state index is -3.49. The molecule has 0 aromatic carbocycles. The third kappa shape index (κ3) is 5.10. The number of rotatable bonds is 2. The van der Waals surface area contributed by atoms with Crippen LogP contribution in [0, 0.1) is 23.7 Å². The second-order valence-corrected chi connectivity index (χ2v) is 7.99. The summed E-state index contributed by atoms with van der Waals surface area (Å²) in [5.74, 6) is -7.07. The van der Waals surface area contributed by atoms with Crippen LogP contribution in [0.15, 0.2) is 0 Å². The monoisotopic (exact) mass is 372 g/mol. The van der Waals surface area contributed by atoms with E-state index in [-0.39, 0.29) is 24.0 Å². The number of hydrogen-bond acceptors (Lipinski definition) is 3. The number of carbonyl (C=O) groups excluding carboxylic acids is 2. The van der Waals surface area contributed by atoms with E-state index in [1.165, 1.54) is 0 Å². The number of aliphatic carboxylic acids is 1. The van der Waals surface area contributed by atoms with Crippen molar-refractivity contribution in [3.8, 4) is 0 Å². The van der Waals surface area contributed by atoms with Crippen molar-refractivity contribution in [2.45, 2.75) is 83.5 Å². The fourth-order valence-electron chi connectivity index (χ4n) is 4.70. The minimum absolute atomic E-state index is 0.0407. The molecule has 2 rings (SSSR count). The van der Waals surface area contributed by atoms with E-state index >= 15 is 0 Å². The molecule has 2 fully saturated rings. The number of halogens is 2. The zero-order valence-electron chi connectivity index (χ0n) is 15.5. The van der Waals surface area contributed by atoms with Crippen LogP contribution in [0.5, 0.6) is 0 Å². The number of ketones is 2. The Morgan fingerprint density at radius 2 is 1.73 bits per heavy atom. The Hall–Kier alpha value is -1.33. The standard InChI is InChI=1S/C20H30F2O4/c1-2-13-12-20(21,22)18(24)11-9-14-8-10-17(23)15(14)6-4-3-5-7-16(13)19(25)26/h13-16H,2-12H2,1H3,(H,25,26)/t13-,14-,15?,16?/m1/s1. The highest BCUT2D eigenvalue weighted by atomic mass is 19.3. The molecule has 2 aliphatic rings. The normalized spacial score (nSPS) is 34.1. The van der Waals surface area contributed by atoms with Gasteiger partial charge in [0.2, 0.25) is 5.78 Å². The average molecular weight is 372 g/mol. The van der Waals surface area contributed by atoms with E-state index in [2.05, 4.69) is 0 Å². The first-order valence-electron chi connectivity index (χ1n) is 9.93. The molecule has 0 aromatic heterocycles. The van der Waals surface area contributed by atoms with Crippen molar-refractivity contribution in [3.63, 3.8) is 0 Å². The van der Waals surface area contributed by atoms with Crippen LogP contribution >= 0.6 is 0 Å². The van der Waals surface area contributed by atoms with Gasteiger partial charge in [0.1, 0.15) is 5.78 Å². The Bertz CT molecular complexity index is 532. The topological polar surface area (TPSA) is 71.4 Å². The van der Waals surface area contributed by atoms with Gasteiger partial charge in [-0.2, -0.15) is 8.78 Å². The second-order valence-electron chi connectivity index (χ2n) is 7.99. The second kappa shape index (κ2) is 9.05. The molecule has 0 aliphatic heterocycles. The van der Waals surface area contributed by atoms with Crippen molar-refractivity contribution in [2.75, 3.05) is 0 Å². The molecule has 2 unspecified atom stereocenters. The van der Waals surface area contributed by atoms with Gasteiger partial charge < -0.3 is 5.11 Å². The largest absolute Gasteiger partial charge is 0.481 e. The van der Waals surface area contributed by atoms with Crippen molar-refractivity contribution < 1.29 is 28.3 Å². The van der Waals surface area contributed by atoms with E-state index in [4.69, 9.17) is 0 Å². The predicted molar refractivity (Wildman–Crippen MR) is 93.0 cm³/mol. The van der Waals surface area contributed by atoms with Gasteiger partial charge in [0.15, 0.2) is 0 Å². The van der Waals surface area contributed by atoms with E-state index in [9.17, 15) is 28.3 Å². The van der Waals surface area contributed by atoms with E-state index in [0.717, 1.165) is 19.3 Å². The summed E-state index contributed by atoms with van der Waals surface area (Å²) in [6.45, 7) is 1.71. The summed E-state index contributed by atoms with van der Waals surface area (Å²) in [4.78, 5) is 35.8. The summed E-state index contributed by atoms with van der Waals surface area (Å²) in [6, 6.07) is 0. The number of hydrogen-bond donors (Lipinski definition) is 1. The van der Waals surface area contributed by atoms with Gasteiger partial charge in [-0.1, -0.05) is 32.6 Å². The SMILES string of the molecule is CC[C@@H]1CC(F)(F)C(=O)CC[C@H]2CCC(=O)C2CCCCCC1C(=O)O. The maximum atomic E-state index is 14.5. The molecule has 0 amide bonds. The van der Waals surface area contributed by atoms with Crippen molar-refractivity contribution >= 4 is 17.5 Å². The van der Waals surface area contributed by atoms with Crippen molar-refractivity contribution in [2.24, 2.45) is 23.7 Å². The summed E-state index contributed by atoms with van der Waals surface area (Å²) < 4.78 is 28.9. The molecular formula is C20H30F2O4. The van der Waals surface area contributed by atoms with Crippen LogP contribution in [0.25, 0.3) is 0 Å². The van der Waals surface area contributed by atoms with Gasteiger partial charge in [-0.25, -0.2) is 0 Å². The lowest BCUT2D eigenvalue weighted by molar-refractivity contribution is -0.152. The molecule has 0 heterocycles. The first-order valence-corrected chi connectivity index (χ1v) is 9.93. The van der Waals surface area contributed by atoms with Crippen LogP contribution < -0.4 is 0 Å². The Morgan fingerprint density at radius 1 is 1.08 bits per heavy atom. The van der Waals surface area contributed by atoms with E-state index < -0.39 is 35.9 Å². The molecule has 6 heteroatoms. The van der Waals surface area contributed by atoms with Gasteiger partial charge in [0.25, 0.3) is 0 Å². The molecule has 0 aromatic rings. The third-order valence-electron chi connectivity index (χ3n) is 6.35. The van der Waals surface area contributed by atoms with Crippen LogP contribution in [0.2, 0.25) is 0 Å². The number of Topliss-reactive ketones (excluding diaryl/α,β-unsaturated/α-hetero) is 2. The van der Waals surface area contributed by atoms with Crippen LogP contribution in [0.1, 0.15) is 77.6 Å². The highest BCUT2D eigenvalue weighted by Gasteiger charge is 2.44. The highest BCUT2D eigenvalue weighted by Crippen LogP contribution is 2.39. The molecule has 0 bridgehead atoms. The Morgan fingerprint density at radius 3 is 2.38 bits per heavy atom. The van der Waals surface area contributed by atoms with Gasteiger partial charge in [0.05, 0.1) is 5.92 Å². The fourth-order valence-corrected chi connectivity index (χ4v) is 4.70. The van der Waals surface area contributed by atoms with Crippen LogP contribution in [0.3, 0.4) is 0 Å². The Balaban J connectivity index is 2.16. The number of alkyl halides is 2. The molecule has 4 atom stereocenters. The lowest BCUT2D eigenvalue weighted by Gasteiger charge is -2.27. The molecule has 4 nitrogen and oxygen atoms in total. The zero-order chi connectivity index (χ0) is 19.3. The molecule has 2 aliphatic carbocycles. The first kappa shape index (κ1) is 21.0. The molecular weight excluding hydrogens is 342 g/mol. The van der Waals surface area contributed by atoms with Crippen molar-refractivity contribution in [3.05, 3.63) is 0 Å². The summed E-state index contributed by atoms with van der Waals surface area (Å²) in [6.07, 6.45) is 4.30. The van der Waals surface area contributed by atoms with E-state index in [1.54, 1.807) is 6.92 Å². The Kier molecular flexibility index (Phi) is 7.30. The van der Waals surface area contributed by atoms with Crippen LogP contribution in [-0.4, -0.2) is 28.6 Å². The summed E-state index contributed by atoms with van der Waals surface area (Å²) in [5.41, 5.74) is 0. The fraction of sp³-hybridized carbons (Fsp3) is 0.850. The summed E-state index contributed by atoms with van der Waals surface area (Å²) in [5, 5.41) is 9.46. The number of carbonyl (C=O) groups is 3. The lowest BCUT2D eigenvalue weighted by atomic mass is 9.79. The molecule has 0 radical (unpaired) electrons. The number of carboxylic acid groups (broad SMARTS) is 1. The van der Waals surface area contributed by atoms with Gasteiger partial charge in [-0.3, -0.25) is 14.4 Å². The molecule has 1 N–H and O–H groups in total. The molecule has 26 heavy (non-hydrogen) atoms. The smallest absolute Gasteiger partial charge is 0.306 e. The van der Waals surface area contributed by atoms with Crippen molar-refractivity contribution in [1.82, 2.24) is 0 Å². The maximum absolute atomic E-state index is 14.5. The average Bonchev–Trinajstić information content (AvgIpc) is 2.93. The van der Waals surface area contributed by atoms with Gasteiger partial charge >= 0.3 is 11.9 Å². The molecule has 2 saturated carbocycles.